The molecule has 2 aliphatic heterocycles. The van der Waals surface area contributed by atoms with Gasteiger partial charge in [0.05, 0.1) is 31.6 Å². The predicted molar refractivity (Wildman–Crippen MR) is 87.4 cm³/mol. The first-order valence-electron chi connectivity index (χ1n) is 8.23. The van der Waals surface area contributed by atoms with Crippen LogP contribution in [0.2, 0.25) is 5.15 Å². The van der Waals surface area contributed by atoms with Gasteiger partial charge in [-0.25, -0.2) is 14.5 Å². The van der Waals surface area contributed by atoms with Crippen LogP contribution in [0.1, 0.15) is 31.0 Å². The van der Waals surface area contributed by atoms with Gasteiger partial charge in [0.1, 0.15) is 11.3 Å². The average Bonchev–Trinajstić information content (AvgIpc) is 2.94. The summed E-state index contributed by atoms with van der Waals surface area (Å²) in [5, 5.41) is 18.1. The number of aromatic nitrogens is 4. The van der Waals surface area contributed by atoms with Crippen molar-refractivity contribution in [2.75, 3.05) is 31.7 Å². The van der Waals surface area contributed by atoms with Crippen LogP contribution >= 0.6 is 11.6 Å². The molecule has 0 radical (unpaired) electrons. The van der Waals surface area contributed by atoms with Crippen LogP contribution in [0, 0.1) is 0 Å². The number of nitrogens with one attached hydrogen (secondary N) is 1. The molecule has 0 aromatic carbocycles. The second kappa shape index (κ2) is 6.79. The molecule has 2 saturated heterocycles. The Morgan fingerprint density at radius 3 is 2.92 bits per heavy atom. The van der Waals surface area contributed by atoms with E-state index < -0.39 is 6.10 Å². The molecular formula is C15H20ClN5O3. The molecule has 130 valence electrons. The molecule has 2 N–H and O–H groups in total. The summed E-state index contributed by atoms with van der Waals surface area (Å²) >= 11 is 6.23. The highest BCUT2D eigenvalue weighted by atomic mass is 35.5. The molecule has 9 heteroatoms. The highest BCUT2D eigenvalue weighted by Gasteiger charge is 2.26. The SMILES string of the molecule is O[C@@H]1COCC[C@H]1Nc1ncc2c(Cl)nc(C3CCCOC3)n2n1. The molecule has 1 unspecified atom stereocenters. The van der Waals surface area contributed by atoms with Gasteiger partial charge in [0, 0.05) is 19.1 Å². The van der Waals surface area contributed by atoms with Crippen molar-refractivity contribution in [1.29, 1.82) is 0 Å². The molecule has 0 bridgehead atoms. The number of hydrogen-bond donors (Lipinski definition) is 2. The van der Waals surface area contributed by atoms with E-state index in [9.17, 15) is 5.11 Å². The average molecular weight is 354 g/mol. The van der Waals surface area contributed by atoms with Crippen LogP contribution < -0.4 is 5.32 Å². The number of hydrogen-bond acceptors (Lipinski definition) is 7. The van der Waals surface area contributed by atoms with Crippen molar-refractivity contribution >= 4 is 23.1 Å². The molecule has 2 aromatic rings. The van der Waals surface area contributed by atoms with Crippen LogP contribution in [0.25, 0.3) is 5.52 Å². The van der Waals surface area contributed by atoms with Crippen molar-refractivity contribution in [3.63, 3.8) is 0 Å². The van der Waals surface area contributed by atoms with Crippen LogP contribution in [0.15, 0.2) is 6.20 Å². The van der Waals surface area contributed by atoms with Gasteiger partial charge in [-0.2, -0.15) is 0 Å². The normalized spacial score (nSPS) is 28.2. The highest BCUT2D eigenvalue weighted by molar-refractivity contribution is 6.32. The van der Waals surface area contributed by atoms with Gasteiger partial charge in [-0.05, 0) is 19.3 Å². The fourth-order valence-corrected chi connectivity index (χ4v) is 3.42. The molecule has 0 aliphatic carbocycles. The summed E-state index contributed by atoms with van der Waals surface area (Å²) in [5.74, 6) is 1.42. The Morgan fingerprint density at radius 1 is 1.25 bits per heavy atom. The highest BCUT2D eigenvalue weighted by Crippen LogP contribution is 2.28. The van der Waals surface area contributed by atoms with Crippen LogP contribution in [-0.4, -0.2) is 63.3 Å². The first kappa shape index (κ1) is 16.0. The molecule has 2 fully saturated rings. The molecule has 2 aromatic heterocycles. The zero-order valence-corrected chi connectivity index (χ0v) is 13.9. The van der Waals surface area contributed by atoms with Gasteiger partial charge < -0.3 is 19.9 Å². The zero-order valence-electron chi connectivity index (χ0n) is 13.2. The topological polar surface area (TPSA) is 93.8 Å². The molecule has 0 amide bonds. The van der Waals surface area contributed by atoms with Crippen molar-refractivity contribution in [2.24, 2.45) is 0 Å². The number of fused-ring (bicyclic) bond motifs is 1. The maximum Gasteiger partial charge on any atom is 0.241 e. The lowest BCUT2D eigenvalue weighted by Gasteiger charge is -2.28. The second-order valence-electron chi connectivity index (χ2n) is 6.24. The van der Waals surface area contributed by atoms with Gasteiger partial charge in [0.25, 0.3) is 0 Å². The third kappa shape index (κ3) is 3.06. The van der Waals surface area contributed by atoms with E-state index in [1.165, 1.54) is 0 Å². The van der Waals surface area contributed by atoms with Crippen LogP contribution in [-0.2, 0) is 9.47 Å². The number of rotatable bonds is 3. The molecule has 3 atom stereocenters. The molecule has 24 heavy (non-hydrogen) atoms. The maximum absolute atomic E-state index is 10.0. The van der Waals surface area contributed by atoms with Gasteiger partial charge in [0.2, 0.25) is 5.95 Å². The van der Waals surface area contributed by atoms with E-state index in [4.69, 9.17) is 21.1 Å². The minimum atomic E-state index is -0.573. The Labute approximate surface area is 144 Å². The van der Waals surface area contributed by atoms with E-state index in [0.29, 0.717) is 42.9 Å². The Balaban J connectivity index is 1.63. The quantitative estimate of drug-likeness (QED) is 0.857. The number of aliphatic hydroxyl groups excluding tert-OH is 1. The van der Waals surface area contributed by atoms with Gasteiger partial charge in [0.15, 0.2) is 5.15 Å². The maximum atomic E-state index is 10.0. The van der Waals surface area contributed by atoms with Gasteiger partial charge in [-0.1, -0.05) is 11.6 Å². The zero-order chi connectivity index (χ0) is 16.5. The first-order valence-corrected chi connectivity index (χ1v) is 8.61. The third-order valence-corrected chi connectivity index (χ3v) is 4.82. The van der Waals surface area contributed by atoms with Crippen LogP contribution in [0.5, 0.6) is 0 Å². The predicted octanol–water partition coefficient (Wildman–Crippen LogP) is 1.23. The van der Waals surface area contributed by atoms with E-state index in [2.05, 4.69) is 20.4 Å². The van der Waals surface area contributed by atoms with Crippen LogP contribution in [0.3, 0.4) is 0 Å². The number of nitrogens with zero attached hydrogens (tertiary/aromatic N) is 4. The van der Waals surface area contributed by atoms with Crippen molar-refractivity contribution in [1.82, 2.24) is 19.6 Å². The summed E-state index contributed by atoms with van der Waals surface area (Å²) < 4.78 is 12.5. The fourth-order valence-electron chi connectivity index (χ4n) is 3.20. The van der Waals surface area contributed by atoms with E-state index in [-0.39, 0.29) is 12.0 Å². The molecule has 4 rings (SSSR count). The summed E-state index contributed by atoms with van der Waals surface area (Å²) in [6, 6.07) is -0.128. The lowest BCUT2D eigenvalue weighted by molar-refractivity contribution is -0.0136. The number of ether oxygens (including phenoxy) is 2. The number of aliphatic hydroxyl groups is 1. The minimum absolute atomic E-state index is 0.128. The second-order valence-corrected chi connectivity index (χ2v) is 6.59. The Hall–Kier alpha value is -1.48. The molecule has 0 spiro atoms. The lowest BCUT2D eigenvalue weighted by Crippen LogP contribution is -2.42. The summed E-state index contributed by atoms with van der Waals surface area (Å²) in [6.45, 7) is 2.35. The molecule has 4 heterocycles. The number of anilines is 1. The first-order chi connectivity index (χ1) is 11.7. The fraction of sp³-hybridized carbons (Fsp3) is 0.667. The minimum Gasteiger partial charge on any atom is -0.389 e. The van der Waals surface area contributed by atoms with E-state index >= 15 is 0 Å². The van der Waals surface area contributed by atoms with E-state index in [1.54, 1.807) is 10.7 Å². The van der Waals surface area contributed by atoms with Crippen molar-refractivity contribution < 1.29 is 14.6 Å². The molecular weight excluding hydrogens is 334 g/mol. The lowest BCUT2D eigenvalue weighted by atomic mass is 10.0. The smallest absolute Gasteiger partial charge is 0.241 e. The standard InChI is InChI=1S/C15H20ClN5O3/c16-13-11-6-17-15(18-10-3-5-24-8-12(10)22)20-21(11)14(19-13)9-2-1-4-23-7-9/h6,9-10,12,22H,1-5,7-8H2,(H,18,20)/t9?,10-,12-/m1/s1. The third-order valence-electron chi connectivity index (χ3n) is 4.54. The van der Waals surface area contributed by atoms with Gasteiger partial charge in [-0.3, -0.25) is 0 Å². The number of imidazole rings is 1. The molecule has 8 nitrogen and oxygen atoms in total. The molecule has 2 aliphatic rings. The Kier molecular flexibility index (Phi) is 4.53. The summed E-state index contributed by atoms with van der Waals surface area (Å²) in [5.41, 5.74) is 0.676. The molecule has 0 saturated carbocycles. The monoisotopic (exact) mass is 353 g/mol. The van der Waals surface area contributed by atoms with Crippen molar-refractivity contribution in [2.45, 2.75) is 37.3 Å². The Bertz CT molecular complexity index is 718. The van der Waals surface area contributed by atoms with E-state index in [1.807, 2.05) is 0 Å². The summed E-state index contributed by atoms with van der Waals surface area (Å²) in [4.78, 5) is 8.77. The number of halogens is 1. The van der Waals surface area contributed by atoms with Gasteiger partial charge in [-0.15, -0.1) is 5.10 Å². The van der Waals surface area contributed by atoms with E-state index in [0.717, 1.165) is 25.3 Å². The largest absolute Gasteiger partial charge is 0.389 e. The Morgan fingerprint density at radius 2 is 2.12 bits per heavy atom. The summed E-state index contributed by atoms with van der Waals surface area (Å²) in [6.07, 6.45) is 3.79. The van der Waals surface area contributed by atoms with Crippen molar-refractivity contribution in [3.8, 4) is 0 Å². The summed E-state index contributed by atoms with van der Waals surface area (Å²) in [7, 11) is 0. The van der Waals surface area contributed by atoms with Gasteiger partial charge >= 0.3 is 0 Å². The van der Waals surface area contributed by atoms with Crippen LogP contribution in [0.4, 0.5) is 5.95 Å². The van der Waals surface area contributed by atoms with Crippen molar-refractivity contribution in [3.05, 3.63) is 17.2 Å².